The molecule has 1 saturated carbocycles. The summed E-state index contributed by atoms with van der Waals surface area (Å²) in [6.07, 6.45) is 2.10. The van der Waals surface area contributed by atoms with Gasteiger partial charge in [-0.15, -0.1) is 0 Å². The highest BCUT2D eigenvalue weighted by Crippen LogP contribution is 2.36. The van der Waals surface area contributed by atoms with E-state index < -0.39 is 0 Å². The van der Waals surface area contributed by atoms with E-state index in [1.807, 2.05) is 40.1 Å². The van der Waals surface area contributed by atoms with Crippen LogP contribution in [0.2, 0.25) is 0 Å². The minimum Gasteiger partial charge on any atom is -0.374 e. The van der Waals surface area contributed by atoms with Crippen LogP contribution in [0.4, 0.5) is 0 Å². The minimum atomic E-state index is 0.0578. The van der Waals surface area contributed by atoms with Crippen LogP contribution in [0.5, 0.6) is 0 Å². The second-order valence-corrected chi connectivity index (χ2v) is 7.80. The van der Waals surface area contributed by atoms with Gasteiger partial charge in [-0.1, -0.05) is 25.1 Å². The predicted molar refractivity (Wildman–Crippen MR) is 94.0 cm³/mol. The average molecular weight is 342 g/mol. The molecule has 134 valence electrons. The summed E-state index contributed by atoms with van der Waals surface area (Å²) in [5, 5.41) is 0. The van der Waals surface area contributed by atoms with Crippen LogP contribution in [0.3, 0.4) is 0 Å². The first-order chi connectivity index (χ1) is 12.1. The van der Waals surface area contributed by atoms with E-state index in [0.717, 1.165) is 18.4 Å². The smallest absolute Gasteiger partial charge is 0.253 e. The molecule has 0 bridgehead atoms. The zero-order valence-electron chi connectivity index (χ0n) is 14.8. The third-order valence-corrected chi connectivity index (χ3v) is 5.87. The van der Waals surface area contributed by atoms with Gasteiger partial charge in [0.2, 0.25) is 5.91 Å². The van der Waals surface area contributed by atoms with Crippen molar-refractivity contribution in [3.05, 3.63) is 35.9 Å². The molecule has 2 amide bonds. The molecule has 2 atom stereocenters. The molecular formula is C20H26N2O3. The normalized spacial score (nSPS) is 31.9. The van der Waals surface area contributed by atoms with Gasteiger partial charge in [0.05, 0.1) is 12.7 Å². The van der Waals surface area contributed by atoms with Crippen molar-refractivity contribution in [1.82, 2.24) is 9.80 Å². The van der Waals surface area contributed by atoms with Crippen molar-refractivity contribution >= 4 is 11.8 Å². The molecule has 3 aliphatic rings. The number of hydrogen-bond acceptors (Lipinski definition) is 3. The van der Waals surface area contributed by atoms with Gasteiger partial charge in [-0.3, -0.25) is 9.59 Å². The number of nitrogens with zero attached hydrogens (tertiary/aromatic N) is 2. The van der Waals surface area contributed by atoms with Crippen molar-refractivity contribution in [1.29, 1.82) is 0 Å². The van der Waals surface area contributed by atoms with E-state index in [0.29, 0.717) is 38.7 Å². The second kappa shape index (κ2) is 6.79. The Hall–Kier alpha value is -1.88. The summed E-state index contributed by atoms with van der Waals surface area (Å²) in [7, 11) is 0. The highest BCUT2D eigenvalue weighted by molar-refractivity contribution is 5.94. The van der Waals surface area contributed by atoms with Gasteiger partial charge in [0.15, 0.2) is 0 Å². The lowest BCUT2D eigenvalue weighted by Gasteiger charge is -2.34. The number of rotatable bonds is 2. The van der Waals surface area contributed by atoms with E-state index in [-0.39, 0.29) is 29.8 Å². The van der Waals surface area contributed by atoms with Gasteiger partial charge in [0.1, 0.15) is 0 Å². The number of likely N-dealkylation sites (tertiary alicyclic amines) is 1. The molecule has 1 aliphatic carbocycles. The lowest BCUT2D eigenvalue weighted by atomic mass is 9.75. The highest BCUT2D eigenvalue weighted by atomic mass is 16.5. The number of ether oxygens (including phenoxy) is 1. The van der Waals surface area contributed by atoms with Crippen LogP contribution in [0.15, 0.2) is 30.3 Å². The Bertz CT molecular complexity index is 642. The minimum absolute atomic E-state index is 0.0578. The lowest BCUT2D eigenvalue weighted by molar-refractivity contribution is -0.139. The molecule has 0 radical (unpaired) electrons. The summed E-state index contributed by atoms with van der Waals surface area (Å²) in [5.74, 6) is 1.45. The fourth-order valence-corrected chi connectivity index (χ4v) is 4.38. The maximum absolute atomic E-state index is 12.7. The fraction of sp³-hybridized carbons (Fsp3) is 0.600. The number of carbonyl (C=O) groups is 2. The predicted octanol–water partition coefficient (Wildman–Crippen LogP) is 2.03. The van der Waals surface area contributed by atoms with Crippen LogP contribution in [0.1, 0.15) is 30.1 Å². The van der Waals surface area contributed by atoms with Crippen LogP contribution in [-0.2, 0) is 9.53 Å². The molecule has 5 nitrogen and oxygen atoms in total. The van der Waals surface area contributed by atoms with Gasteiger partial charge >= 0.3 is 0 Å². The van der Waals surface area contributed by atoms with Gasteiger partial charge in [-0.05, 0) is 30.9 Å². The molecule has 25 heavy (non-hydrogen) atoms. The van der Waals surface area contributed by atoms with Gasteiger partial charge in [-0.2, -0.15) is 0 Å². The maximum atomic E-state index is 12.7. The van der Waals surface area contributed by atoms with Crippen LogP contribution in [-0.4, -0.2) is 60.5 Å². The van der Waals surface area contributed by atoms with Crippen molar-refractivity contribution in [3.63, 3.8) is 0 Å². The summed E-state index contributed by atoms with van der Waals surface area (Å²) >= 11 is 0. The van der Waals surface area contributed by atoms with Gasteiger partial charge in [0, 0.05) is 43.6 Å². The Morgan fingerprint density at radius 2 is 1.76 bits per heavy atom. The Balaban J connectivity index is 1.40. The number of fused-ring (bicyclic) bond motifs is 1. The largest absolute Gasteiger partial charge is 0.374 e. The molecule has 1 aromatic carbocycles. The Morgan fingerprint density at radius 3 is 2.48 bits per heavy atom. The number of amides is 2. The third-order valence-electron chi connectivity index (χ3n) is 5.87. The molecule has 0 N–H and O–H groups in total. The Morgan fingerprint density at radius 1 is 1.04 bits per heavy atom. The van der Waals surface area contributed by atoms with E-state index in [1.54, 1.807) is 0 Å². The van der Waals surface area contributed by atoms with Crippen LogP contribution in [0.25, 0.3) is 0 Å². The molecule has 5 heteroatoms. The molecule has 4 rings (SSSR count). The summed E-state index contributed by atoms with van der Waals surface area (Å²) in [4.78, 5) is 29.2. The molecular weight excluding hydrogens is 316 g/mol. The molecule has 0 spiro atoms. The number of carbonyl (C=O) groups excluding carboxylic acids is 2. The van der Waals surface area contributed by atoms with Gasteiger partial charge in [0.25, 0.3) is 5.91 Å². The molecule has 2 saturated heterocycles. The Labute approximate surface area is 148 Å². The fourth-order valence-electron chi connectivity index (χ4n) is 4.38. The maximum Gasteiger partial charge on any atom is 0.253 e. The second-order valence-electron chi connectivity index (χ2n) is 7.80. The van der Waals surface area contributed by atoms with E-state index in [4.69, 9.17) is 4.74 Å². The summed E-state index contributed by atoms with van der Waals surface area (Å²) in [5.41, 5.74) is 0.718. The molecule has 1 aromatic rings. The van der Waals surface area contributed by atoms with Crippen molar-refractivity contribution in [3.8, 4) is 0 Å². The van der Waals surface area contributed by atoms with Crippen LogP contribution < -0.4 is 0 Å². The van der Waals surface area contributed by atoms with E-state index in [1.165, 1.54) is 0 Å². The van der Waals surface area contributed by atoms with Gasteiger partial charge in [-0.25, -0.2) is 0 Å². The molecule has 2 heterocycles. The highest BCUT2D eigenvalue weighted by Gasteiger charge is 2.43. The quantitative estimate of drug-likeness (QED) is 0.826. The first-order valence-corrected chi connectivity index (χ1v) is 9.36. The monoisotopic (exact) mass is 342 g/mol. The molecule has 3 fully saturated rings. The summed E-state index contributed by atoms with van der Waals surface area (Å²) < 4.78 is 5.99. The third kappa shape index (κ3) is 3.30. The average Bonchev–Trinajstić information content (AvgIpc) is 2.90. The van der Waals surface area contributed by atoms with Crippen molar-refractivity contribution in [2.75, 3.05) is 32.8 Å². The van der Waals surface area contributed by atoms with E-state index >= 15 is 0 Å². The molecule has 2 aliphatic heterocycles. The van der Waals surface area contributed by atoms with Crippen LogP contribution in [0, 0.1) is 17.8 Å². The van der Waals surface area contributed by atoms with E-state index in [2.05, 4.69) is 6.92 Å². The topological polar surface area (TPSA) is 49.9 Å². The summed E-state index contributed by atoms with van der Waals surface area (Å²) in [6.45, 7) is 5.43. The standard InChI is InChI=1S/C20H26N2O3/c1-14-9-16(10-14)20(24)22-12-17-11-21(7-8-25-18(17)13-22)19(23)15-5-3-2-4-6-15/h2-6,14,16-18H,7-13H2,1H3/t14?,16?,17-,18+/m0/s1. The van der Waals surface area contributed by atoms with Crippen molar-refractivity contribution in [2.24, 2.45) is 17.8 Å². The van der Waals surface area contributed by atoms with Crippen molar-refractivity contribution < 1.29 is 14.3 Å². The van der Waals surface area contributed by atoms with Gasteiger partial charge < -0.3 is 14.5 Å². The zero-order valence-corrected chi connectivity index (χ0v) is 14.8. The molecule has 0 unspecified atom stereocenters. The summed E-state index contributed by atoms with van der Waals surface area (Å²) in [6, 6.07) is 9.40. The Kier molecular flexibility index (Phi) is 4.50. The van der Waals surface area contributed by atoms with Crippen molar-refractivity contribution in [2.45, 2.75) is 25.9 Å². The number of benzene rings is 1. The molecule has 0 aromatic heterocycles. The number of hydrogen-bond donors (Lipinski definition) is 0. The van der Waals surface area contributed by atoms with E-state index in [9.17, 15) is 9.59 Å². The lowest BCUT2D eigenvalue weighted by Crippen LogP contribution is -2.41. The van der Waals surface area contributed by atoms with Crippen LogP contribution >= 0.6 is 0 Å². The zero-order chi connectivity index (χ0) is 17.4. The first-order valence-electron chi connectivity index (χ1n) is 9.36. The SMILES string of the molecule is CC1CC(C(=O)N2C[C@@H]3CN(C(=O)c4ccccc4)CCO[C@@H]3C2)C1. The first kappa shape index (κ1) is 16.6.